The van der Waals surface area contributed by atoms with Crippen molar-refractivity contribution < 1.29 is 24.5 Å². The molecule has 5 nitrogen and oxygen atoms in total. The summed E-state index contributed by atoms with van der Waals surface area (Å²) in [5.74, 6) is 0.331. The number of ether oxygens (including phenoxy) is 2. The Morgan fingerprint density at radius 3 is 2.40 bits per heavy atom. The Hall–Kier alpha value is -0.750. The molecule has 2 saturated heterocycles. The van der Waals surface area contributed by atoms with Crippen molar-refractivity contribution >= 4 is 5.78 Å². The molecule has 2 bridgehead atoms. The summed E-state index contributed by atoms with van der Waals surface area (Å²) in [5, 5.41) is 23.5. The van der Waals surface area contributed by atoms with E-state index in [9.17, 15) is 15.0 Å². The number of aliphatic hydroxyl groups is 2. The summed E-state index contributed by atoms with van der Waals surface area (Å²) in [4.78, 5) is 12.9. The molecule has 12 unspecified atom stereocenters. The number of carbonyl (C=O) groups is 1. The molecule has 5 aliphatic carbocycles. The SMILES string of the molecule is CC1CC2OC3(OC(C)(C)C2O)C1C1(C)CCC24CC25C=CC(=O)C(C)(C)C5CCC4C1(C)C3O. The molecule has 194 valence electrons. The van der Waals surface area contributed by atoms with Crippen molar-refractivity contribution in [3.63, 3.8) is 0 Å². The lowest BCUT2D eigenvalue weighted by molar-refractivity contribution is -0.430. The maximum atomic E-state index is 12.9. The zero-order valence-electron chi connectivity index (χ0n) is 22.6. The van der Waals surface area contributed by atoms with Crippen LogP contribution in [0.1, 0.15) is 87.0 Å². The van der Waals surface area contributed by atoms with Crippen LogP contribution in [0.4, 0.5) is 0 Å². The number of fused-ring (bicyclic) bond motifs is 4. The van der Waals surface area contributed by atoms with E-state index < -0.39 is 23.6 Å². The van der Waals surface area contributed by atoms with E-state index >= 15 is 0 Å². The van der Waals surface area contributed by atoms with Crippen LogP contribution in [0.25, 0.3) is 0 Å². The summed E-state index contributed by atoms with van der Waals surface area (Å²) >= 11 is 0. The van der Waals surface area contributed by atoms with Crippen molar-refractivity contribution in [1.29, 1.82) is 0 Å². The van der Waals surface area contributed by atoms with E-state index in [0.29, 0.717) is 17.8 Å². The monoisotopic (exact) mass is 484 g/mol. The number of hydrogen-bond acceptors (Lipinski definition) is 5. The highest BCUT2D eigenvalue weighted by Gasteiger charge is 2.87. The van der Waals surface area contributed by atoms with Crippen LogP contribution in [0.15, 0.2) is 12.2 Å². The Kier molecular flexibility index (Phi) is 4.08. The standard InChI is InChI=1S/C30H44O5/c1-16-14-17-22(32)25(4,5)35-30(34-17)21(16)26(6)12-13-29-15-28(29)11-10-20(31)24(2,3)18(28)8-9-19(29)27(26,7)23(30)33/h10-11,16-19,21-23,32-33H,8-9,12-15H2,1-7H3. The molecule has 12 atom stereocenters. The number of carbonyl (C=O) groups excluding carboxylic acids is 1. The minimum atomic E-state index is -1.07. The van der Waals surface area contributed by atoms with E-state index in [-0.39, 0.29) is 44.9 Å². The second-order valence-corrected chi connectivity index (χ2v) is 15.3. The zero-order chi connectivity index (χ0) is 25.2. The third-order valence-electron chi connectivity index (χ3n) is 13.6. The fourth-order valence-electron chi connectivity index (χ4n) is 12.0. The van der Waals surface area contributed by atoms with E-state index in [2.05, 4.69) is 40.7 Å². The first-order valence-electron chi connectivity index (χ1n) is 14.1. The highest BCUT2D eigenvalue weighted by atomic mass is 16.7. The van der Waals surface area contributed by atoms with Crippen LogP contribution in [0.3, 0.4) is 0 Å². The lowest BCUT2D eigenvalue weighted by atomic mass is 9.42. The fourth-order valence-corrected chi connectivity index (χ4v) is 12.0. The predicted molar refractivity (Wildman–Crippen MR) is 131 cm³/mol. The Morgan fingerprint density at radius 2 is 1.69 bits per heavy atom. The van der Waals surface area contributed by atoms with Gasteiger partial charge in [-0.15, -0.1) is 0 Å². The summed E-state index contributed by atoms with van der Waals surface area (Å²) in [7, 11) is 0. The van der Waals surface area contributed by atoms with Crippen molar-refractivity contribution in [2.75, 3.05) is 0 Å². The van der Waals surface area contributed by atoms with Gasteiger partial charge in [-0.05, 0) is 92.4 Å². The van der Waals surface area contributed by atoms with Crippen molar-refractivity contribution in [2.45, 2.75) is 117 Å². The molecule has 7 rings (SSSR count). The van der Waals surface area contributed by atoms with Gasteiger partial charge in [0.1, 0.15) is 12.2 Å². The largest absolute Gasteiger partial charge is 0.387 e. The quantitative estimate of drug-likeness (QED) is 0.524. The minimum absolute atomic E-state index is 0.0840. The first kappa shape index (κ1) is 23.4. The van der Waals surface area contributed by atoms with Gasteiger partial charge in [-0.2, -0.15) is 0 Å². The minimum Gasteiger partial charge on any atom is -0.387 e. The third-order valence-corrected chi connectivity index (χ3v) is 13.6. The number of ketones is 1. The molecule has 0 aromatic carbocycles. The molecule has 0 radical (unpaired) electrons. The Morgan fingerprint density at radius 1 is 1.00 bits per heavy atom. The van der Waals surface area contributed by atoms with Gasteiger partial charge < -0.3 is 19.7 Å². The van der Waals surface area contributed by atoms with Crippen LogP contribution in [-0.4, -0.2) is 45.7 Å². The van der Waals surface area contributed by atoms with Crippen LogP contribution >= 0.6 is 0 Å². The van der Waals surface area contributed by atoms with Gasteiger partial charge in [0, 0.05) is 16.7 Å². The summed E-state index contributed by atoms with van der Waals surface area (Å²) in [6, 6.07) is 0. The molecule has 3 spiro atoms. The van der Waals surface area contributed by atoms with Crippen LogP contribution < -0.4 is 0 Å². The molecule has 6 fully saturated rings. The van der Waals surface area contributed by atoms with Crippen LogP contribution in [-0.2, 0) is 14.3 Å². The maximum absolute atomic E-state index is 12.9. The van der Waals surface area contributed by atoms with Gasteiger partial charge in [0.15, 0.2) is 11.6 Å². The van der Waals surface area contributed by atoms with Gasteiger partial charge in [0.2, 0.25) is 0 Å². The normalized spacial score (nSPS) is 62.8. The molecule has 0 amide bonds. The summed E-state index contributed by atoms with van der Waals surface area (Å²) in [6.45, 7) is 15.3. The molecular weight excluding hydrogens is 440 g/mol. The van der Waals surface area contributed by atoms with E-state index in [0.717, 1.165) is 38.5 Å². The van der Waals surface area contributed by atoms with Crippen molar-refractivity contribution in [3.8, 4) is 0 Å². The Balaban J connectivity index is 1.37. The summed E-state index contributed by atoms with van der Waals surface area (Å²) < 4.78 is 13.5. The lowest BCUT2D eigenvalue weighted by Crippen LogP contribution is -2.70. The zero-order valence-corrected chi connectivity index (χ0v) is 22.6. The van der Waals surface area contributed by atoms with E-state index in [1.54, 1.807) is 0 Å². The molecule has 4 saturated carbocycles. The van der Waals surface area contributed by atoms with Gasteiger partial charge in [0.25, 0.3) is 0 Å². The topological polar surface area (TPSA) is 76.0 Å². The third kappa shape index (κ3) is 2.17. The molecule has 2 N–H and O–H groups in total. The molecule has 2 aliphatic heterocycles. The van der Waals surface area contributed by atoms with E-state index in [4.69, 9.17) is 9.47 Å². The Bertz CT molecular complexity index is 1050. The van der Waals surface area contributed by atoms with Gasteiger partial charge in [-0.1, -0.05) is 40.7 Å². The van der Waals surface area contributed by atoms with Gasteiger partial charge in [-0.25, -0.2) is 0 Å². The molecular formula is C30H44O5. The highest BCUT2D eigenvalue weighted by molar-refractivity contribution is 5.96. The highest BCUT2D eigenvalue weighted by Crippen LogP contribution is 2.89. The lowest BCUT2D eigenvalue weighted by Gasteiger charge is -2.62. The Labute approximate surface area is 210 Å². The van der Waals surface area contributed by atoms with Gasteiger partial charge >= 0.3 is 0 Å². The molecule has 35 heavy (non-hydrogen) atoms. The van der Waals surface area contributed by atoms with E-state index in [1.807, 2.05) is 19.9 Å². The van der Waals surface area contributed by atoms with Crippen molar-refractivity contribution in [1.82, 2.24) is 0 Å². The number of allylic oxidation sites excluding steroid dienone is 2. The smallest absolute Gasteiger partial charge is 0.199 e. The number of aliphatic hydroxyl groups excluding tert-OH is 2. The number of hydrogen-bond donors (Lipinski definition) is 2. The van der Waals surface area contributed by atoms with E-state index in [1.165, 1.54) is 0 Å². The molecule has 0 aromatic rings. The van der Waals surface area contributed by atoms with Crippen molar-refractivity contribution in [3.05, 3.63) is 12.2 Å². The van der Waals surface area contributed by atoms with Crippen LogP contribution in [0.5, 0.6) is 0 Å². The second kappa shape index (κ2) is 6.11. The second-order valence-electron chi connectivity index (χ2n) is 15.3. The summed E-state index contributed by atoms with van der Waals surface area (Å²) in [6.07, 6.45) is 8.65. The summed E-state index contributed by atoms with van der Waals surface area (Å²) in [5.41, 5.74) is -1.33. The number of rotatable bonds is 0. The first-order valence-corrected chi connectivity index (χ1v) is 14.1. The molecule has 2 heterocycles. The average molecular weight is 485 g/mol. The molecule has 7 aliphatic rings. The van der Waals surface area contributed by atoms with Gasteiger partial charge in [-0.3, -0.25) is 4.79 Å². The van der Waals surface area contributed by atoms with Gasteiger partial charge in [0.05, 0.1) is 11.7 Å². The predicted octanol–water partition coefficient (Wildman–Crippen LogP) is 4.64. The van der Waals surface area contributed by atoms with Crippen molar-refractivity contribution in [2.24, 2.45) is 50.7 Å². The fraction of sp³-hybridized carbons (Fsp3) is 0.900. The molecule has 5 heteroatoms. The molecule has 0 aromatic heterocycles. The maximum Gasteiger partial charge on any atom is 0.199 e. The van der Waals surface area contributed by atoms with Crippen LogP contribution in [0.2, 0.25) is 0 Å². The first-order chi connectivity index (χ1) is 16.1. The van der Waals surface area contributed by atoms with Crippen LogP contribution in [0, 0.1) is 50.7 Å². The average Bonchev–Trinajstić information content (AvgIpc) is 3.41.